The molecule has 0 spiro atoms. The molecule has 37 heavy (non-hydrogen) atoms. The largest absolute Gasteiger partial charge is 0.480 e. The second kappa shape index (κ2) is 11.2. The van der Waals surface area contributed by atoms with E-state index in [4.69, 9.17) is 4.74 Å². The molecule has 2 atom stereocenters. The maximum Gasteiger partial charge on any atom is 0.322 e. The molecule has 2 heterocycles. The molecule has 12 nitrogen and oxygen atoms in total. The second-order valence-electron chi connectivity index (χ2n) is 8.41. The second-order valence-corrected chi connectivity index (χ2v) is 10.2. The Morgan fingerprint density at radius 1 is 1.14 bits per heavy atom. The van der Waals surface area contributed by atoms with E-state index in [0.29, 0.717) is 28.5 Å². The van der Waals surface area contributed by atoms with E-state index in [1.807, 2.05) is 0 Å². The average Bonchev–Trinajstić information content (AvgIpc) is 3.35. The van der Waals surface area contributed by atoms with Crippen LogP contribution in [0.1, 0.15) is 24.0 Å². The van der Waals surface area contributed by atoms with Gasteiger partial charge in [-0.2, -0.15) is 0 Å². The molecule has 0 fully saturated rings. The molecule has 0 saturated carbocycles. The van der Waals surface area contributed by atoms with Gasteiger partial charge >= 0.3 is 5.97 Å². The Kier molecular flexibility index (Phi) is 7.84. The number of hydrogen-bond acceptors (Lipinski definition) is 7. The summed E-state index contributed by atoms with van der Waals surface area (Å²) in [6, 6.07) is 11.7. The molecule has 1 aromatic heterocycles. The fourth-order valence-electron chi connectivity index (χ4n) is 3.77. The summed E-state index contributed by atoms with van der Waals surface area (Å²) in [7, 11) is -3.93. The molecule has 194 valence electrons. The van der Waals surface area contributed by atoms with E-state index in [2.05, 4.69) is 25.3 Å². The van der Waals surface area contributed by atoms with E-state index in [1.165, 1.54) is 12.3 Å². The van der Waals surface area contributed by atoms with Crippen molar-refractivity contribution in [3.8, 4) is 5.75 Å². The molecule has 0 saturated heterocycles. The van der Waals surface area contributed by atoms with E-state index >= 15 is 0 Å². The van der Waals surface area contributed by atoms with E-state index in [9.17, 15) is 27.9 Å². The average molecular weight is 528 g/mol. The smallest absolute Gasteiger partial charge is 0.322 e. The number of H-pyrrole nitrogens is 1. The minimum absolute atomic E-state index is 0.0234. The predicted molar refractivity (Wildman–Crippen MR) is 133 cm³/mol. The third kappa shape index (κ3) is 7.15. The standard InChI is InChI=1S/C24H25N5O7S/c30-21(28-24-25-10-11-26-24)9-8-20-22(31)27-17-12-16(6-7-19(17)36-20)13-18(23(32)33)29-37(34,35)14-15-4-2-1-3-5-15/h1-7,10-12,18,20,29H,8-9,13-14H2,(H,27,31)(H,32,33)(H2,25,26,28,30)/t18-,20+/m0/s1. The number of hydrogen-bond donors (Lipinski definition) is 5. The van der Waals surface area contributed by atoms with Gasteiger partial charge in [0, 0.05) is 25.2 Å². The maximum absolute atomic E-state index is 12.5. The molecule has 0 radical (unpaired) electrons. The van der Waals surface area contributed by atoms with Crippen LogP contribution in [0.5, 0.6) is 5.75 Å². The molecule has 13 heteroatoms. The lowest BCUT2D eigenvalue weighted by atomic mass is 10.0. The Balaban J connectivity index is 1.37. The summed E-state index contributed by atoms with van der Waals surface area (Å²) < 4.78 is 33.0. The van der Waals surface area contributed by atoms with Crippen molar-refractivity contribution in [1.29, 1.82) is 0 Å². The van der Waals surface area contributed by atoms with Crippen LogP contribution in [0.2, 0.25) is 0 Å². The first kappa shape index (κ1) is 25.9. The van der Waals surface area contributed by atoms with Crippen LogP contribution in [0.15, 0.2) is 60.9 Å². The Labute approximate surface area is 212 Å². The molecule has 0 unspecified atom stereocenters. The topological polar surface area (TPSA) is 180 Å². The fourth-order valence-corrected chi connectivity index (χ4v) is 5.10. The number of aromatic amines is 1. The summed E-state index contributed by atoms with van der Waals surface area (Å²) in [5.41, 5.74) is 1.34. The Hall–Kier alpha value is -4.23. The monoisotopic (exact) mass is 527 g/mol. The van der Waals surface area contributed by atoms with Gasteiger partial charge in [-0.1, -0.05) is 36.4 Å². The maximum atomic E-state index is 12.5. The first-order chi connectivity index (χ1) is 17.7. The number of rotatable bonds is 11. The van der Waals surface area contributed by atoms with Crippen LogP contribution in [0, 0.1) is 0 Å². The van der Waals surface area contributed by atoms with Gasteiger partial charge in [0.25, 0.3) is 5.91 Å². The number of amides is 2. The number of carbonyl (C=O) groups is 3. The van der Waals surface area contributed by atoms with E-state index in [-0.39, 0.29) is 30.9 Å². The quantitative estimate of drug-likeness (QED) is 0.250. The zero-order valence-corrected chi connectivity index (χ0v) is 20.3. The molecule has 1 aliphatic heterocycles. The van der Waals surface area contributed by atoms with Gasteiger partial charge in [0.1, 0.15) is 11.8 Å². The molecule has 5 N–H and O–H groups in total. The van der Waals surface area contributed by atoms with Gasteiger partial charge < -0.3 is 20.1 Å². The Bertz CT molecular complexity index is 1380. The highest BCUT2D eigenvalue weighted by atomic mass is 32.2. The first-order valence-electron chi connectivity index (χ1n) is 11.3. The molecule has 4 rings (SSSR count). The van der Waals surface area contributed by atoms with Crippen LogP contribution in [0.4, 0.5) is 11.6 Å². The number of aromatic nitrogens is 2. The summed E-state index contributed by atoms with van der Waals surface area (Å²) in [5.74, 6) is -1.81. The number of nitrogens with zero attached hydrogens (tertiary/aromatic N) is 1. The summed E-state index contributed by atoms with van der Waals surface area (Å²) in [6.07, 6.45) is 2.17. The lowest BCUT2D eigenvalue weighted by Crippen LogP contribution is -2.42. The van der Waals surface area contributed by atoms with Crippen molar-refractivity contribution in [2.24, 2.45) is 0 Å². The van der Waals surface area contributed by atoms with E-state index in [0.717, 1.165) is 0 Å². The van der Waals surface area contributed by atoms with Crippen molar-refractivity contribution in [2.75, 3.05) is 10.6 Å². The molecule has 2 aromatic carbocycles. The molecule has 0 aliphatic carbocycles. The summed E-state index contributed by atoms with van der Waals surface area (Å²) >= 11 is 0. The lowest BCUT2D eigenvalue weighted by Gasteiger charge is -2.26. The number of carbonyl (C=O) groups excluding carboxylic acids is 2. The zero-order chi connectivity index (χ0) is 26.4. The molecule has 0 bridgehead atoms. The number of carboxylic acid groups (broad SMARTS) is 1. The normalized spacial score (nSPS) is 15.7. The number of carboxylic acids is 1. The van der Waals surface area contributed by atoms with Crippen LogP contribution in [-0.4, -0.2) is 53.4 Å². The van der Waals surface area contributed by atoms with Gasteiger partial charge in [0.2, 0.25) is 21.9 Å². The number of anilines is 2. The highest BCUT2D eigenvalue weighted by Crippen LogP contribution is 2.32. The van der Waals surface area contributed by atoms with Crippen molar-refractivity contribution < 1.29 is 32.6 Å². The van der Waals surface area contributed by atoms with Gasteiger partial charge in [-0.3, -0.25) is 19.7 Å². The highest BCUT2D eigenvalue weighted by molar-refractivity contribution is 7.88. The third-order valence-corrected chi connectivity index (χ3v) is 6.87. The lowest BCUT2D eigenvalue weighted by molar-refractivity contribution is -0.139. The van der Waals surface area contributed by atoms with Crippen molar-refractivity contribution >= 4 is 39.4 Å². The Morgan fingerprint density at radius 2 is 1.92 bits per heavy atom. The number of aliphatic carboxylic acids is 1. The number of ether oxygens (including phenoxy) is 1. The highest BCUT2D eigenvalue weighted by Gasteiger charge is 2.29. The van der Waals surface area contributed by atoms with Gasteiger partial charge in [-0.25, -0.2) is 18.1 Å². The summed E-state index contributed by atoms with van der Waals surface area (Å²) in [5, 5.41) is 14.9. The number of fused-ring (bicyclic) bond motifs is 1. The molecular formula is C24H25N5O7S. The van der Waals surface area contributed by atoms with Gasteiger partial charge in [-0.15, -0.1) is 0 Å². The van der Waals surface area contributed by atoms with E-state index < -0.39 is 34.0 Å². The number of imidazole rings is 1. The van der Waals surface area contributed by atoms with Crippen LogP contribution in [0.3, 0.4) is 0 Å². The van der Waals surface area contributed by atoms with Crippen LogP contribution >= 0.6 is 0 Å². The van der Waals surface area contributed by atoms with Gasteiger partial charge in [-0.05, 0) is 29.7 Å². The minimum Gasteiger partial charge on any atom is -0.480 e. The van der Waals surface area contributed by atoms with Crippen LogP contribution < -0.4 is 20.1 Å². The SMILES string of the molecule is O=C(CC[C@H]1Oc2ccc(C[C@H](NS(=O)(=O)Cc3ccccc3)C(=O)O)cc2NC1=O)Nc1ncc[nH]1. The van der Waals surface area contributed by atoms with Gasteiger partial charge in [0.15, 0.2) is 6.10 Å². The fraction of sp³-hybridized carbons (Fsp3) is 0.250. The molecular weight excluding hydrogens is 502 g/mol. The molecule has 2 amide bonds. The van der Waals surface area contributed by atoms with Crippen molar-refractivity contribution in [1.82, 2.24) is 14.7 Å². The zero-order valence-electron chi connectivity index (χ0n) is 19.5. The third-order valence-electron chi connectivity index (χ3n) is 5.51. The van der Waals surface area contributed by atoms with Crippen molar-refractivity contribution in [3.63, 3.8) is 0 Å². The number of nitrogens with one attached hydrogen (secondary N) is 4. The summed E-state index contributed by atoms with van der Waals surface area (Å²) in [6.45, 7) is 0. The Morgan fingerprint density at radius 3 is 2.62 bits per heavy atom. The number of sulfonamides is 1. The van der Waals surface area contributed by atoms with Gasteiger partial charge in [0.05, 0.1) is 11.4 Å². The molecule has 1 aliphatic rings. The first-order valence-corrected chi connectivity index (χ1v) is 13.0. The molecule has 3 aromatic rings. The minimum atomic E-state index is -3.93. The van der Waals surface area contributed by atoms with Crippen LogP contribution in [-0.2, 0) is 36.6 Å². The van der Waals surface area contributed by atoms with Crippen molar-refractivity contribution in [3.05, 3.63) is 72.1 Å². The van der Waals surface area contributed by atoms with E-state index in [1.54, 1.807) is 48.7 Å². The number of benzene rings is 2. The summed E-state index contributed by atoms with van der Waals surface area (Å²) in [4.78, 5) is 43.0. The van der Waals surface area contributed by atoms with Crippen molar-refractivity contribution in [2.45, 2.75) is 37.2 Å². The van der Waals surface area contributed by atoms with Crippen LogP contribution in [0.25, 0.3) is 0 Å². The predicted octanol–water partition coefficient (Wildman–Crippen LogP) is 1.64.